The number of nitrogens with zero attached hydrogens (tertiary/aromatic N) is 1. The number of carbonyl (C=O) groups is 2. The van der Waals surface area contributed by atoms with Crippen molar-refractivity contribution in [2.75, 3.05) is 26.7 Å². The first kappa shape index (κ1) is 23.3. The van der Waals surface area contributed by atoms with Crippen molar-refractivity contribution < 1.29 is 22.7 Å². The zero-order chi connectivity index (χ0) is 22.3. The highest BCUT2D eigenvalue weighted by atomic mass is 32.2. The molecule has 1 aliphatic heterocycles. The van der Waals surface area contributed by atoms with Crippen LogP contribution in [0.3, 0.4) is 0 Å². The van der Waals surface area contributed by atoms with Gasteiger partial charge < -0.3 is 15.4 Å². The molecule has 0 saturated carbocycles. The molecule has 31 heavy (non-hydrogen) atoms. The number of methoxy groups -OCH3 is 1. The van der Waals surface area contributed by atoms with Gasteiger partial charge in [0.05, 0.1) is 12.0 Å². The van der Waals surface area contributed by atoms with Crippen LogP contribution in [0.25, 0.3) is 0 Å². The monoisotopic (exact) mass is 449 g/mol. The molecule has 2 aliphatic rings. The van der Waals surface area contributed by atoms with Crippen molar-refractivity contribution in [1.29, 1.82) is 0 Å². The first-order valence-electron chi connectivity index (χ1n) is 10.8. The van der Waals surface area contributed by atoms with E-state index in [0.29, 0.717) is 31.7 Å². The number of carbonyl (C=O) groups excluding carboxylic acids is 2. The Morgan fingerprint density at radius 1 is 1.10 bits per heavy atom. The Morgan fingerprint density at radius 3 is 2.52 bits per heavy atom. The van der Waals surface area contributed by atoms with Crippen molar-refractivity contribution in [2.24, 2.45) is 0 Å². The lowest BCUT2D eigenvalue weighted by atomic mass is 9.97. The fourth-order valence-electron chi connectivity index (χ4n) is 4.05. The Balaban J connectivity index is 1.49. The van der Waals surface area contributed by atoms with E-state index < -0.39 is 21.8 Å². The van der Waals surface area contributed by atoms with Crippen LogP contribution in [-0.4, -0.2) is 57.3 Å². The van der Waals surface area contributed by atoms with Gasteiger partial charge in [-0.05, 0) is 69.2 Å². The normalized spacial score (nSPS) is 19.5. The predicted octanol–water partition coefficient (Wildman–Crippen LogP) is 1.97. The Hall–Kier alpha value is -2.39. The van der Waals surface area contributed by atoms with Crippen molar-refractivity contribution >= 4 is 21.8 Å². The van der Waals surface area contributed by atoms with Crippen molar-refractivity contribution in [3.05, 3.63) is 35.9 Å². The molecule has 0 bridgehead atoms. The molecule has 0 radical (unpaired) electrons. The molecule has 9 heteroatoms. The lowest BCUT2D eigenvalue weighted by molar-refractivity contribution is -0.139. The molecule has 1 aromatic carbocycles. The van der Waals surface area contributed by atoms with Crippen molar-refractivity contribution in [2.45, 2.75) is 55.9 Å². The third-order valence-electron chi connectivity index (χ3n) is 5.81. The Bertz CT molecular complexity index is 912. The van der Waals surface area contributed by atoms with E-state index in [9.17, 15) is 18.0 Å². The average Bonchev–Trinajstić information content (AvgIpc) is 3.27. The SMILES string of the molecule is COc1ccc(S(=O)(=O)N2CCC[C@@H]2CNC(=O)C(=O)NCCC2=CCCCC2)cc1. The molecule has 8 nitrogen and oxygen atoms in total. The third kappa shape index (κ3) is 6.07. The molecule has 3 rings (SSSR count). The highest BCUT2D eigenvalue weighted by Crippen LogP contribution is 2.27. The maximum Gasteiger partial charge on any atom is 0.309 e. The summed E-state index contributed by atoms with van der Waals surface area (Å²) in [7, 11) is -2.17. The minimum Gasteiger partial charge on any atom is -0.497 e. The van der Waals surface area contributed by atoms with Gasteiger partial charge in [0.2, 0.25) is 10.0 Å². The number of hydrogen-bond donors (Lipinski definition) is 2. The van der Waals surface area contributed by atoms with Gasteiger partial charge in [0.15, 0.2) is 0 Å². The Morgan fingerprint density at radius 2 is 1.84 bits per heavy atom. The van der Waals surface area contributed by atoms with E-state index in [1.807, 2.05) is 0 Å². The second-order valence-electron chi connectivity index (χ2n) is 7.91. The second-order valence-corrected chi connectivity index (χ2v) is 9.80. The van der Waals surface area contributed by atoms with E-state index in [2.05, 4.69) is 16.7 Å². The predicted molar refractivity (Wildman–Crippen MR) is 117 cm³/mol. The van der Waals surface area contributed by atoms with Gasteiger partial charge in [0.25, 0.3) is 0 Å². The smallest absolute Gasteiger partial charge is 0.309 e. The summed E-state index contributed by atoms with van der Waals surface area (Å²) in [6.45, 7) is 0.919. The lowest BCUT2D eigenvalue weighted by Gasteiger charge is -2.24. The summed E-state index contributed by atoms with van der Waals surface area (Å²) in [5, 5.41) is 5.24. The highest BCUT2D eigenvalue weighted by molar-refractivity contribution is 7.89. The van der Waals surface area contributed by atoms with Crippen LogP contribution in [0.5, 0.6) is 5.75 Å². The van der Waals surface area contributed by atoms with Crippen LogP contribution < -0.4 is 15.4 Å². The fourth-order valence-corrected chi connectivity index (χ4v) is 5.74. The molecule has 2 N–H and O–H groups in total. The highest BCUT2D eigenvalue weighted by Gasteiger charge is 2.35. The van der Waals surface area contributed by atoms with Crippen LogP contribution in [0.4, 0.5) is 0 Å². The van der Waals surface area contributed by atoms with Gasteiger partial charge in [0.1, 0.15) is 5.75 Å². The van der Waals surface area contributed by atoms with Gasteiger partial charge in [-0.15, -0.1) is 0 Å². The molecule has 0 unspecified atom stereocenters. The molecule has 1 fully saturated rings. The van der Waals surface area contributed by atoms with E-state index in [1.54, 1.807) is 12.1 Å². The molecule has 1 aromatic rings. The quantitative estimate of drug-likeness (QED) is 0.466. The first-order chi connectivity index (χ1) is 14.9. The molecule has 170 valence electrons. The Kier molecular flexibility index (Phi) is 8.09. The average molecular weight is 450 g/mol. The maximum atomic E-state index is 13.0. The standard InChI is InChI=1S/C22H31N3O5S/c1-30-19-9-11-20(12-10-19)31(28,29)25-15-5-8-18(25)16-24-22(27)21(26)23-14-13-17-6-3-2-4-7-17/h6,9-12,18H,2-5,7-8,13-16H2,1H3,(H,23,26)(H,24,27)/t18-/m1/s1. The van der Waals surface area contributed by atoms with Crippen molar-refractivity contribution in [1.82, 2.24) is 14.9 Å². The Labute approximate surface area is 184 Å². The minimum atomic E-state index is -3.69. The van der Waals surface area contributed by atoms with Crippen molar-refractivity contribution in [3.63, 3.8) is 0 Å². The summed E-state index contributed by atoms with van der Waals surface area (Å²) in [5.41, 5.74) is 1.33. The molecule has 0 aromatic heterocycles. The number of rotatable bonds is 8. The minimum absolute atomic E-state index is 0.104. The van der Waals surface area contributed by atoms with Gasteiger partial charge in [-0.25, -0.2) is 8.42 Å². The first-order valence-corrected chi connectivity index (χ1v) is 12.3. The van der Waals surface area contributed by atoms with Crippen LogP contribution in [-0.2, 0) is 19.6 Å². The van der Waals surface area contributed by atoms with E-state index >= 15 is 0 Å². The molecule has 0 spiro atoms. The molecule has 1 aliphatic carbocycles. The van der Waals surface area contributed by atoms with Gasteiger partial charge >= 0.3 is 11.8 Å². The van der Waals surface area contributed by atoms with Gasteiger partial charge in [0, 0.05) is 25.7 Å². The van der Waals surface area contributed by atoms with Gasteiger partial charge in [-0.1, -0.05) is 11.6 Å². The van der Waals surface area contributed by atoms with Crippen LogP contribution in [0, 0.1) is 0 Å². The number of benzene rings is 1. The molecular formula is C22H31N3O5S. The zero-order valence-electron chi connectivity index (χ0n) is 17.9. The summed E-state index contributed by atoms with van der Waals surface area (Å²) in [5.74, 6) is -0.833. The second kappa shape index (κ2) is 10.8. The topological polar surface area (TPSA) is 105 Å². The molecule has 2 amide bonds. The number of allylic oxidation sites excluding steroid dienone is 1. The van der Waals surface area contributed by atoms with E-state index in [-0.39, 0.29) is 17.5 Å². The fraction of sp³-hybridized carbons (Fsp3) is 0.545. The number of nitrogens with one attached hydrogen (secondary N) is 2. The molecule has 1 heterocycles. The number of ether oxygens (including phenoxy) is 1. The summed E-state index contributed by atoms with van der Waals surface area (Å²) in [4.78, 5) is 24.4. The van der Waals surface area contributed by atoms with E-state index in [1.165, 1.54) is 42.0 Å². The van der Waals surface area contributed by atoms with Gasteiger partial charge in [-0.3, -0.25) is 9.59 Å². The zero-order valence-corrected chi connectivity index (χ0v) is 18.7. The van der Waals surface area contributed by atoms with Crippen molar-refractivity contribution in [3.8, 4) is 5.75 Å². The summed E-state index contributed by atoms with van der Waals surface area (Å²) in [6.07, 6.45) is 8.84. The largest absolute Gasteiger partial charge is 0.497 e. The number of sulfonamides is 1. The third-order valence-corrected chi connectivity index (χ3v) is 7.78. The number of amides is 2. The van der Waals surface area contributed by atoms with E-state index in [4.69, 9.17) is 4.74 Å². The van der Waals surface area contributed by atoms with Crippen LogP contribution in [0.15, 0.2) is 40.8 Å². The lowest BCUT2D eigenvalue weighted by Crippen LogP contribution is -2.47. The number of hydrogen-bond acceptors (Lipinski definition) is 5. The maximum absolute atomic E-state index is 13.0. The summed E-state index contributed by atoms with van der Waals surface area (Å²) < 4.78 is 32.5. The molecular weight excluding hydrogens is 418 g/mol. The van der Waals surface area contributed by atoms with Crippen LogP contribution in [0.2, 0.25) is 0 Å². The molecule has 1 atom stereocenters. The van der Waals surface area contributed by atoms with Gasteiger partial charge in [-0.2, -0.15) is 4.31 Å². The summed E-state index contributed by atoms with van der Waals surface area (Å²) >= 11 is 0. The van der Waals surface area contributed by atoms with Crippen LogP contribution in [0.1, 0.15) is 44.9 Å². The molecule has 1 saturated heterocycles. The summed E-state index contributed by atoms with van der Waals surface area (Å²) in [6, 6.07) is 5.85. The van der Waals surface area contributed by atoms with E-state index in [0.717, 1.165) is 19.3 Å². The van der Waals surface area contributed by atoms with Crippen LogP contribution >= 0.6 is 0 Å².